The van der Waals surface area contributed by atoms with Crippen molar-refractivity contribution in [2.24, 2.45) is 0 Å². The first-order valence-electron chi connectivity index (χ1n) is 42.9. The molecule has 8 fully saturated rings. The average molecular weight is 2030 g/mol. The molecule has 5 amide bonds. The van der Waals surface area contributed by atoms with Crippen LogP contribution in [0.3, 0.4) is 0 Å². The molecule has 8 aliphatic rings. The van der Waals surface area contributed by atoms with E-state index >= 15 is 0 Å². The lowest BCUT2D eigenvalue weighted by molar-refractivity contribution is -0.406. The van der Waals surface area contributed by atoms with Gasteiger partial charge in [0.2, 0.25) is 29.5 Å². The van der Waals surface area contributed by atoms with Crippen molar-refractivity contribution in [2.75, 3.05) is 59.5 Å². The van der Waals surface area contributed by atoms with Gasteiger partial charge in [0.25, 0.3) is 23.1 Å². The molecule has 0 spiro atoms. The molecule has 0 unspecified atom stereocenters. The number of aldehydes is 1. The van der Waals surface area contributed by atoms with Crippen LogP contribution in [0.15, 0.2) is 0 Å². The van der Waals surface area contributed by atoms with Crippen LogP contribution in [-0.2, 0) is 124 Å². The smallest absolute Gasteiger partial charge is 0.364 e. The number of carboxylic acids is 4. The first kappa shape index (κ1) is 117. The molecular formula is C76H123N5O58. The molecular weight excluding hydrogens is 1910 g/mol. The highest BCUT2D eigenvalue weighted by atomic mass is 16.8. The summed E-state index contributed by atoms with van der Waals surface area (Å²) in [4.78, 5) is 131. The second kappa shape index (κ2) is 49.8. The lowest BCUT2D eigenvalue weighted by Gasteiger charge is -2.53. The number of hydrogen-bond acceptors (Lipinski definition) is 54. The molecule has 8 saturated heterocycles. The van der Waals surface area contributed by atoms with Crippen molar-refractivity contribution in [3.8, 4) is 0 Å². The molecule has 37 N–H and O–H groups in total. The Labute approximate surface area is 783 Å². The summed E-state index contributed by atoms with van der Waals surface area (Å²) in [6.45, 7) is -8.93. The number of carbonyl (C=O) groups is 10. The van der Waals surface area contributed by atoms with E-state index in [1.807, 2.05) is 0 Å². The molecule has 63 nitrogen and oxygen atoms in total. The first-order valence-corrected chi connectivity index (χ1v) is 42.9. The van der Waals surface area contributed by atoms with Gasteiger partial charge in [-0.25, -0.2) is 19.2 Å². The summed E-state index contributed by atoms with van der Waals surface area (Å²) in [7, 11) is 0. The van der Waals surface area contributed by atoms with Gasteiger partial charge in [-0.15, -0.1) is 0 Å². The molecule has 139 heavy (non-hydrogen) atoms. The number of rotatable bonds is 46. The Kier molecular flexibility index (Phi) is 42.1. The van der Waals surface area contributed by atoms with Crippen molar-refractivity contribution in [3.63, 3.8) is 0 Å². The van der Waals surface area contributed by atoms with Crippen LogP contribution in [0.5, 0.6) is 0 Å². The third kappa shape index (κ3) is 26.3. The van der Waals surface area contributed by atoms with E-state index in [0.29, 0.717) is 0 Å². The largest absolute Gasteiger partial charge is 0.477 e. The molecule has 800 valence electrons. The number of amides is 5. The Balaban J connectivity index is 1.20. The van der Waals surface area contributed by atoms with Crippen molar-refractivity contribution in [2.45, 2.75) is 352 Å². The van der Waals surface area contributed by atoms with Crippen molar-refractivity contribution in [1.29, 1.82) is 0 Å². The lowest BCUT2D eigenvalue weighted by Crippen LogP contribution is -2.73. The number of carboxylic acid groups (broad SMARTS) is 4. The van der Waals surface area contributed by atoms with Crippen molar-refractivity contribution in [1.82, 2.24) is 26.6 Å². The van der Waals surface area contributed by atoms with Gasteiger partial charge in [0, 0.05) is 60.3 Å². The van der Waals surface area contributed by atoms with E-state index < -0.39 is 431 Å². The van der Waals surface area contributed by atoms with Gasteiger partial charge in [-0.3, -0.25) is 24.0 Å². The zero-order chi connectivity index (χ0) is 104. The van der Waals surface area contributed by atoms with Gasteiger partial charge in [-0.05, 0) is 0 Å². The molecule has 48 atom stereocenters. The fraction of sp³-hybridized carbons (Fsp3) is 0.868. The Morgan fingerprint density at radius 3 is 1.01 bits per heavy atom. The highest BCUT2D eigenvalue weighted by Crippen LogP contribution is 2.46. The predicted molar refractivity (Wildman–Crippen MR) is 425 cm³/mol. The van der Waals surface area contributed by atoms with Crippen LogP contribution in [0.2, 0.25) is 0 Å². The van der Waals surface area contributed by atoms with Crippen LogP contribution in [0, 0.1) is 0 Å². The maximum Gasteiger partial charge on any atom is 0.364 e. The molecule has 8 aliphatic heterocycles. The van der Waals surface area contributed by atoms with Crippen molar-refractivity contribution < 1.29 is 287 Å². The van der Waals surface area contributed by atoms with Crippen LogP contribution in [-0.4, -0.2) is 575 Å². The quantitative estimate of drug-likeness (QED) is 0.0252. The second-order valence-corrected chi connectivity index (χ2v) is 34.2. The van der Waals surface area contributed by atoms with E-state index in [1.54, 1.807) is 0 Å². The normalized spacial score (nSPS) is 41.0. The van der Waals surface area contributed by atoms with Crippen molar-refractivity contribution >= 4 is 59.7 Å². The molecule has 8 rings (SSSR count). The van der Waals surface area contributed by atoms with Gasteiger partial charge < -0.3 is 271 Å². The van der Waals surface area contributed by atoms with E-state index in [2.05, 4.69) is 26.6 Å². The molecule has 0 aromatic rings. The fourth-order valence-corrected chi connectivity index (χ4v) is 17.2. The molecule has 0 aromatic heterocycles. The summed E-state index contributed by atoms with van der Waals surface area (Å²) in [5.41, 5.74) is 0. The van der Waals surface area contributed by atoms with E-state index in [1.165, 1.54) is 0 Å². The highest BCUT2D eigenvalue weighted by molar-refractivity contribution is 5.79. The second-order valence-electron chi connectivity index (χ2n) is 34.2. The Bertz CT molecular complexity index is 4050. The molecule has 0 saturated carbocycles. The SMILES string of the molecule is CC(=O)N[C@H]1[C@H](O[C@@H]2[C@H](O[C@]3(C(=O)O)C[C@H](O)[C@@H](NC(C)=O)[C@H]([C@H](O)[C@@H](CO)O[C@]4(C(=O)O)C[C@H](O)[C@@H](NC(C)=O)[C@H]([C@H](O)[C@H](O)CO)O4)O3)[C@@H](O)[C@H](O[C@H]3[C@H](O)[C@@H](O)[C@H](OC[C@@H](O)[C@@H](O)[C@H](O)[C@@H](O)C=O)O[C@@H]3CO)O[C@@H]2CO)O[C@H](CO)[C@H](O)[C@@H]1O[C@@H]1O[C@H](CO)[C@H](O)[C@H](O[C@]2(C(=O)O)C[C@H](O)[C@@H](NC(C)=O)[C@H]([C@H](O)[C@@H](CO)O[C@]3(C(=O)O)C[C@H](O)[C@@H](NC(C)=O)[C@H]([C@H](O)[C@H](O)CO)O3)O2)[C@H]1O. The van der Waals surface area contributed by atoms with Crippen LogP contribution in [0.1, 0.15) is 60.3 Å². The number of aliphatic hydroxyl groups excluding tert-OH is 28. The number of ether oxygens (including phenoxy) is 16. The zero-order valence-corrected chi connectivity index (χ0v) is 74.1. The highest BCUT2D eigenvalue weighted by Gasteiger charge is 2.67. The number of nitrogens with one attached hydrogen (secondary N) is 5. The minimum Gasteiger partial charge on any atom is -0.477 e. The summed E-state index contributed by atoms with van der Waals surface area (Å²) >= 11 is 0. The standard InChI is InChI=1S/C76H123N5O58/c1-20(91)77-39-25(96)6-73(69(116)117,134-59(39)46(106)30(101)11-83)132-35(15-87)50(110)61-41(79-22(3)93)27(98)8-75(136-61,71(120)121)138-63-49(109)34(14-86)126-67(54(63)114)131-58-43(81-24(5)95)65(125-33(13-85)48(58)108)130-57-38(18-90)128-68(129-56-37(17-89)127-66(53(113)52(56)112)124-19-32(103)45(105)44(104)29(100)10-82)55(115)64(57)139-76(72(122)123)9-28(99)42(80-23(4)94)62(137-76)51(111)36(16-88)133-74(70(118)119)7-26(97)40(78-21(2)92)60(135-74)47(107)31(102)12-84/h10,25-68,83-90,96-115H,6-9,11-19H2,1-5H3,(H,77,91)(H,78,92)(H,79,93)(H,80,94)(H,81,95)(H,116,117)(H,118,119)(H,120,121)(H,122,123)/t25-,26-,27-,28-,29-,30+,31+,32+,33+,34+,35+,36+,37+,38+,39+,40+,41+,42+,43+,44+,45+,46+,47+,48-,49-,50+,51+,52+,53+,54+,55+,56+,57-,58+,59+,60+,61+,62+,63-,64+,65-,66+,67-,68-,73+,74+,75-,76-/m0/s1. The Morgan fingerprint density at radius 1 is 0.338 bits per heavy atom. The summed E-state index contributed by atoms with van der Waals surface area (Å²) in [5.74, 6) is -29.6. The van der Waals surface area contributed by atoms with Gasteiger partial charge >= 0.3 is 23.9 Å². The molecule has 0 aromatic carbocycles. The lowest BCUT2D eigenvalue weighted by atomic mass is 9.87. The zero-order valence-electron chi connectivity index (χ0n) is 74.1. The third-order valence-corrected chi connectivity index (χ3v) is 24.2. The van der Waals surface area contributed by atoms with Crippen LogP contribution < -0.4 is 26.6 Å². The van der Waals surface area contributed by atoms with E-state index in [4.69, 9.17) is 75.8 Å². The fourth-order valence-electron chi connectivity index (χ4n) is 17.2. The first-order chi connectivity index (χ1) is 65.1. The summed E-state index contributed by atoms with van der Waals surface area (Å²) < 4.78 is 93.6. The van der Waals surface area contributed by atoms with Gasteiger partial charge in [-0.1, -0.05) is 0 Å². The summed E-state index contributed by atoms with van der Waals surface area (Å²) in [6, 6.07) is -10.6. The van der Waals surface area contributed by atoms with Crippen LogP contribution in [0.25, 0.3) is 0 Å². The topological polar surface area (TPSA) is 1030 Å². The van der Waals surface area contributed by atoms with Crippen LogP contribution >= 0.6 is 0 Å². The Hall–Kier alpha value is -6.86. The van der Waals surface area contributed by atoms with Crippen LogP contribution in [0.4, 0.5) is 0 Å². The molecule has 63 heteroatoms. The number of hydrogen-bond donors (Lipinski definition) is 37. The van der Waals surface area contributed by atoms with Gasteiger partial charge in [0.05, 0.1) is 108 Å². The van der Waals surface area contributed by atoms with Crippen molar-refractivity contribution in [3.05, 3.63) is 0 Å². The summed E-state index contributed by atoms with van der Waals surface area (Å²) in [5, 5.41) is 370. The monoisotopic (exact) mass is 2030 g/mol. The average Bonchev–Trinajstić information content (AvgIpc) is 0.754. The van der Waals surface area contributed by atoms with E-state index in [-0.39, 0.29) is 6.29 Å². The summed E-state index contributed by atoms with van der Waals surface area (Å²) in [6.07, 6.45) is -104. The molecule has 8 heterocycles. The van der Waals surface area contributed by atoms with Gasteiger partial charge in [-0.2, -0.15) is 0 Å². The predicted octanol–water partition coefficient (Wildman–Crippen LogP) is -23.2. The third-order valence-electron chi connectivity index (χ3n) is 24.2. The molecule has 0 aliphatic carbocycles. The van der Waals surface area contributed by atoms with E-state index in [0.717, 1.165) is 34.6 Å². The number of aliphatic hydroxyl groups is 28. The Morgan fingerprint density at radius 2 is 0.647 bits per heavy atom. The minimum atomic E-state index is -3.91. The van der Waals surface area contributed by atoms with Gasteiger partial charge in [0.15, 0.2) is 31.4 Å². The number of aliphatic carboxylic acids is 4. The van der Waals surface area contributed by atoms with Gasteiger partial charge in [0.1, 0.15) is 195 Å². The number of carbonyl (C=O) groups excluding carboxylic acids is 6. The molecule has 0 radical (unpaired) electrons. The van der Waals surface area contributed by atoms with E-state index in [9.17, 15) is 211 Å². The maximum atomic E-state index is 14.5. The minimum absolute atomic E-state index is 0.223. The molecule has 0 bridgehead atoms. The maximum absolute atomic E-state index is 14.5.